The molecule has 2 aromatic heterocycles. The molecule has 0 amide bonds. The third kappa shape index (κ3) is 4.01. The zero-order chi connectivity index (χ0) is 18.5. The molecule has 1 aliphatic carbocycles. The first-order valence-corrected chi connectivity index (χ1v) is 9.56. The number of anilines is 2. The lowest BCUT2D eigenvalue weighted by Crippen LogP contribution is -2.23. The fraction of sp³-hybridized carbons (Fsp3) is 0.318. The maximum absolute atomic E-state index is 9.57. The Morgan fingerprint density at radius 1 is 1.07 bits per heavy atom. The molecule has 0 bridgehead atoms. The summed E-state index contributed by atoms with van der Waals surface area (Å²) in [5, 5.41) is 17.6. The summed E-state index contributed by atoms with van der Waals surface area (Å²) in [4.78, 5) is 8.81. The van der Waals surface area contributed by atoms with Crippen LogP contribution in [0.2, 0.25) is 0 Å². The Morgan fingerprint density at radius 3 is 2.74 bits per heavy atom. The molecule has 3 aromatic rings. The van der Waals surface area contributed by atoms with Crippen molar-refractivity contribution in [3.05, 3.63) is 60.0 Å². The summed E-state index contributed by atoms with van der Waals surface area (Å²) in [7, 11) is 0. The van der Waals surface area contributed by atoms with Crippen LogP contribution in [-0.4, -0.2) is 16.0 Å². The smallest absolute Gasteiger partial charge is 0.103 e. The van der Waals surface area contributed by atoms with Crippen molar-refractivity contribution in [3.8, 4) is 6.07 Å². The van der Waals surface area contributed by atoms with Gasteiger partial charge in [-0.3, -0.25) is 9.97 Å². The van der Waals surface area contributed by atoms with E-state index in [1.165, 1.54) is 19.3 Å². The molecule has 136 valence electrons. The molecule has 0 radical (unpaired) electrons. The van der Waals surface area contributed by atoms with Crippen molar-refractivity contribution < 1.29 is 0 Å². The molecule has 4 rings (SSSR count). The van der Waals surface area contributed by atoms with Gasteiger partial charge < -0.3 is 10.6 Å². The lowest BCUT2D eigenvalue weighted by molar-refractivity contribution is 0.463. The molecule has 0 unspecified atom stereocenters. The molecule has 5 heteroatoms. The molecule has 1 aromatic carbocycles. The Morgan fingerprint density at radius 2 is 1.96 bits per heavy atom. The second-order valence-corrected chi connectivity index (χ2v) is 7.04. The summed E-state index contributed by atoms with van der Waals surface area (Å²) in [5.74, 6) is 0. The Labute approximate surface area is 159 Å². The number of fused-ring (bicyclic) bond motifs is 1. The van der Waals surface area contributed by atoms with Crippen molar-refractivity contribution in [1.29, 1.82) is 5.26 Å². The van der Waals surface area contributed by atoms with Crippen molar-refractivity contribution in [2.24, 2.45) is 0 Å². The van der Waals surface area contributed by atoms with Crippen molar-refractivity contribution in [2.75, 3.05) is 10.6 Å². The van der Waals surface area contributed by atoms with Gasteiger partial charge >= 0.3 is 0 Å². The predicted molar refractivity (Wildman–Crippen MR) is 109 cm³/mol. The monoisotopic (exact) mass is 357 g/mol. The number of hydrogen-bond donors (Lipinski definition) is 2. The fourth-order valence-electron chi connectivity index (χ4n) is 3.69. The third-order valence-electron chi connectivity index (χ3n) is 5.14. The van der Waals surface area contributed by atoms with Gasteiger partial charge in [-0.25, -0.2) is 0 Å². The van der Waals surface area contributed by atoms with E-state index in [1.54, 1.807) is 12.4 Å². The number of nitriles is 1. The highest BCUT2D eigenvalue weighted by molar-refractivity contribution is 5.96. The largest absolute Gasteiger partial charge is 0.381 e. The zero-order valence-corrected chi connectivity index (χ0v) is 15.3. The van der Waals surface area contributed by atoms with Crippen LogP contribution in [0.25, 0.3) is 10.9 Å². The van der Waals surface area contributed by atoms with Gasteiger partial charge in [-0.05, 0) is 43.2 Å². The van der Waals surface area contributed by atoms with Crippen LogP contribution in [0.3, 0.4) is 0 Å². The Hall–Kier alpha value is -3.13. The van der Waals surface area contributed by atoms with Crippen molar-refractivity contribution >= 4 is 22.3 Å². The van der Waals surface area contributed by atoms with Gasteiger partial charge in [0, 0.05) is 29.5 Å². The standard InChI is InChI=1S/C22H23N5/c23-13-16-14-26-21-10-9-18(25-15-19-8-4-5-11-24-19)12-20(21)22(16)27-17-6-2-1-3-7-17/h4-5,8-12,14,17,25H,1-3,6-7,15H2,(H,26,27). The average molecular weight is 357 g/mol. The summed E-state index contributed by atoms with van der Waals surface area (Å²) < 4.78 is 0. The number of rotatable bonds is 5. The molecule has 1 saturated carbocycles. The number of nitrogens with zero attached hydrogens (tertiary/aromatic N) is 3. The first-order valence-electron chi connectivity index (χ1n) is 9.56. The highest BCUT2D eigenvalue weighted by Crippen LogP contribution is 2.31. The normalized spacial score (nSPS) is 14.6. The fourth-order valence-corrected chi connectivity index (χ4v) is 3.69. The van der Waals surface area contributed by atoms with Crippen LogP contribution < -0.4 is 10.6 Å². The van der Waals surface area contributed by atoms with Gasteiger partial charge in [0.2, 0.25) is 0 Å². The number of nitrogens with one attached hydrogen (secondary N) is 2. The van der Waals surface area contributed by atoms with E-state index in [4.69, 9.17) is 0 Å². The van der Waals surface area contributed by atoms with Gasteiger partial charge in [0.15, 0.2) is 0 Å². The molecule has 0 aliphatic heterocycles. The van der Waals surface area contributed by atoms with Crippen LogP contribution in [0, 0.1) is 11.3 Å². The second kappa shape index (κ2) is 8.05. The van der Waals surface area contributed by atoms with Crippen LogP contribution >= 0.6 is 0 Å². The summed E-state index contributed by atoms with van der Waals surface area (Å²) >= 11 is 0. The van der Waals surface area contributed by atoms with Crippen LogP contribution in [0.5, 0.6) is 0 Å². The van der Waals surface area contributed by atoms with Crippen LogP contribution in [0.15, 0.2) is 48.8 Å². The van der Waals surface area contributed by atoms with E-state index < -0.39 is 0 Å². The molecule has 1 fully saturated rings. The molecule has 2 heterocycles. The summed E-state index contributed by atoms with van der Waals surface area (Å²) in [5.41, 5.74) is 4.40. The van der Waals surface area contributed by atoms with Gasteiger partial charge in [0.1, 0.15) is 6.07 Å². The third-order valence-corrected chi connectivity index (χ3v) is 5.14. The molecule has 0 spiro atoms. The lowest BCUT2D eigenvalue weighted by atomic mass is 9.95. The van der Waals surface area contributed by atoms with E-state index in [1.807, 2.05) is 30.3 Å². The first-order chi connectivity index (χ1) is 13.3. The van der Waals surface area contributed by atoms with Gasteiger partial charge in [-0.2, -0.15) is 5.26 Å². The van der Waals surface area contributed by atoms with Crippen LogP contribution in [0.4, 0.5) is 11.4 Å². The minimum absolute atomic E-state index is 0.432. The van der Waals surface area contributed by atoms with Crippen LogP contribution in [-0.2, 0) is 6.54 Å². The lowest BCUT2D eigenvalue weighted by Gasteiger charge is -2.25. The number of pyridine rings is 2. The van der Waals surface area contributed by atoms with E-state index in [-0.39, 0.29) is 0 Å². The van der Waals surface area contributed by atoms with Crippen molar-refractivity contribution in [3.63, 3.8) is 0 Å². The maximum Gasteiger partial charge on any atom is 0.103 e. The molecule has 0 saturated heterocycles. The highest BCUT2D eigenvalue weighted by Gasteiger charge is 2.17. The minimum atomic E-state index is 0.432. The zero-order valence-electron chi connectivity index (χ0n) is 15.3. The number of hydrogen-bond acceptors (Lipinski definition) is 5. The van der Waals surface area contributed by atoms with E-state index in [2.05, 4.69) is 32.7 Å². The van der Waals surface area contributed by atoms with E-state index >= 15 is 0 Å². The minimum Gasteiger partial charge on any atom is -0.381 e. The molecular weight excluding hydrogens is 334 g/mol. The average Bonchev–Trinajstić information content (AvgIpc) is 2.74. The van der Waals surface area contributed by atoms with Crippen molar-refractivity contribution in [2.45, 2.75) is 44.7 Å². The second-order valence-electron chi connectivity index (χ2n) is 7.04. The van der Waals surface area contributed by atoms with E-state index in [9.17, 15) is 5.26 Å². The van der Waals surface area contributed by atoms with E-state index in [0.29, 0.717) is 18.2 Å². The SMILES string of the molecule is N#Cc1cnc2ccc(NCc3ccccn3)cc2c1NC1CCCCC1. The van der Waals surface area contributed by atoms with Gasteiger partial charge in [-0.1, -0.05) is 25.3 Å². The first kappa shape index (κ1) is 17.3. The molecule has 1 aliphatic rings. The summed E-state index contributed by atoms with van der Waals surface area (Å²) in [6, 6.07) is 14.7. The highest BCUT2D eigenvalue weighted by atomic mass is 14.9. The summed E-state index contributed by atoms with van der Waals surface area (Å²) in [6.07, 6.45) is 9.60. The number of aromatic nitrogens is 2. The molecular formula is C22H23N5. The Bertz CT molecular complexity index is 956. The van der Waals surface area contributed by atoms with Crippen LogP contribution in [0.1, 0.15) is 43.4 Å². The molecule has 5 nitrogen and oxygen atoms in total. The maximum atomic E-state index is 9.57. The predicted octanol–water partition coefficient (Wildman–Crippen LogP) is 4.86. The molecule has 27 heavy (non-hydrogen) atoms. The Kier molecular flexibility index (Phi) is 5.15. The quantitative estimate of drug-likeness (QED) is 0.682. The molecule has 0 atom stereocenters. The van der Waals surface area contributed by atoms with Gasteiger partial charge in [-0.15, -0.1) is 0 Å². The molecule has 2 N–H and O–H groups in total. The number of benzene rings is 1. The topological polar surface area (TPSA) is 73.6 Å². The summed E-state index contributed by atoms with van der Waals surface area (Å²) in [6.45, 7) is 0.656. The Balaban J connectivity index is 1.63. The van der Waals surface area contributed by atoms with Crippen molar-refractivity contribution in [1.82, 2.24) is 9.97 Å². The van der Waals surface area contributed by atoms with Gasteiger partial charge in [0.05, 0.1) is 29.0 Å². The van der Waals surface area contributed by atoms with Gasteiger partial charge in [0.25, 0.3) is 0 Å². The van der Waals surface area contributed by atoms with E-state index in [0.717, 1.165) is 40.8 Å².